The average molecular weight is 1050 g/mol. The first kappa shape index (κ1) is 50.3. The van der Waals surface area contributed by atoms with E-state index in [4.69, 9.17) is 9.47 Å². The smallest absolute Gasteiger partial charge is 0.266 e. The zero-order valence-corrected chi connectivity index (χ0v) is 43.7. The summed E-state index contributed by atoms with van der Waals surface area (Å²) in [7, 11) is -1.05. The van der Waals surface area contributed by atoms with Crippen molar-refractivity contribution in [2.24, 2.45) is 10.4 Å². The summed E-state index contributed by atoms with van der Waals surface area (Å²) >= 11 is 3.64. The molecule has 0 radical (unpaired) electrons. The molecule has 5 heterocycles. The van der Waals surface area contributed by atoms with Gasteiger partial charge in [-0.2, -0.15) is 0 Å². The third kappa shape index (κ3) is 11.1. The molecular formula is C53H65BrN9O7P. The number of aromatic nitrogens is 2. The molecule has 9 rings (SSSR count). The highest BCUT2D eigenvalue weighted by Crippen LogP contribution is 2.45. The van der Waals surface area contributed by atoms with Crippen LogP contribution in [0, 0.1) is 12.3 Å². The Morgan fingerprint density at radius 3 is 2.38 bits per heavy atom. The number of hydrogen-bond acceptors (Lipinski definition) is 15. The number of imide groups is 1. The molecule has 5 aliphatic rings. The van der Waals surface area contributed by atoms with Crippen LogP contribution >= 0.6 is 23.1 Å². The van der Waals surface area contributed by atoms with Gasteiger partial charge in [0.05, 0.1) is 57.6 Å². The van der Waals surface area contributed by atoms with Gasteiger partial charge in [0.2, 0.25) is 0 Å². The Balaban J connectivity index is 0.694. The minimum Gasteiger partial charge on any atom is -0.495 e. The first-order valence-corrected chi connectivity index (χ1v) is 28.5. The number of piperidine rings is 2. The highest BCUT2D eigenvalue weighted by molar-refractivity contribution is 9.12. The van der Waals surface area contributed by atoms with E-state index >= 15 is 0 Å². The van der Waals surface area contributed by atoms with Gasteiger partial charge in [0.15, 0.2) is 12.1 Å². The van der Waals surface area contributed by atoms with Crippen LogP contribution in [-0.4, -0.2) is 121 Å². The maximum atomic E-state index is 13.5. The number of Topliss-reactive ketones (excluding diaryl/α,β-unsaturated/α-hetero) is 2. The Bertz CT molecular complexity index is 2810. The predicted molar refractivity (Wildman–Crippen MR) is 282 cm³/mol. The van der Waals surface area contributed by atoms with Crippen LogP contribution in [0.3, 0.4) is 0 Å². The lowest BCUT2D eigenvalue weighted by Gasteiger charge is -2.47. The van der Waals surface area contributed by atoms with Crippen molar-refractivity contribution in [2.75, 3.05) is 75.3 Å². The number of fused-ring (bicyclic) bond motifs is 2. The van der Waals surface area contributed by atoms with Crippen LogP contribution in [0.5, 0.6) is 11.5 Å². The second-order valence-corrected chi connectivity index (χ2v) is 24.1. The standard InChI is InChI=1S/C53H65BrN9O7P/c1-34-31-40(59-52-57-33-37(54)49(60-52)58-39-16-15-38-47(56-24-23-55-38)48(39)71(3,4)68)45(69-2)32-42(34)62-28-21-53(22-29-62)19-26-61(27-20-53)25-8-6-5-7-9-30-70-44-12-10-11-36-46(44)51(67)63(50(36)66)41-17-13-35(64)14-18-43(41)65/h10-12,15-16,23-24,31-33,41,52,58-60H,5-9,13-14,17-22,25-30H2,1-4H3. The molecule has 0 bridgehead atoms. The Morgan fingerprint density at radius 2 is 1.61 bits per heavy atom. The van der Waals surface area contributed by atoms with Crippen molar-refractivity contribution in [1.29, 1.82) is 0 Å². The molecule has 1 aromatic heterocycles. The number of nitrogens with zero attached hydrogens (tertiary/aromatic N) is 6. The molecule has 2 amide bonds. The Labute approximate surface area is 424 Å². The van der Waals surface area contributed by atoms with Gasteiger partial charge in [-0.1, -0.05) is 25.3 Å². The van der Waals surface area contributed by atoms with Gasteiger partial charge in [0, 0.05) is 62.7 Å². The van der Waals surface area contributed by atoms with Crippen LogP contribution in [0.2, 0.25) is 0 Å². The van der Waals surface area contributed by atoms with E-state index in [1.54, 1.807) is 57.2 Å². The van der Waals surface area contributed by atoms with Gasteiger partial charge in [-0.15, -0.1) is 0 Å². The molecule has 3 aromatic carbocycles. The SMILES string of the molecule is COc1cc(N2CCC3(CCN(CCCCCCCOc4cccc5c4C(=O)N(C4CCC(=O)CCC4=O)C5=O)CC3)CC2)c(C)cc1NC1N=CC(Br)=C(Nc2ccc3nccnc3c2P(C)(C)=O)N1. The molecule has 2 saturated heterocycles. The zero-order chi connectivity index (χ0) is 49.9. The van der Waals surface area contributed by atoms with E-state index in [0.717, 1.165) is 91.2 Å². The molecule has 2 unspecified atom stereocenters. The van der Waals surface area contributed by atoms with E-state index in [-0.39, 0.29) is 48.4 Å². The normalized spacial score (nSPS) is 20.6. The first-order chi connectivity index (χ1) is 34.2. The number of benzene rings is 3. The molecule has 376 valence electrons. The highest BCUT2D eigenvalue weighted by Gasteiger charge is 2.45. The number of carbonyl (C=O) groups excluding carboxylic acids is 4. The lowest BCUT2D eigenvalue weighted by atomic mass is 9.71. The number of nitrogens with one attached hydrogen (secondary N) is 3. The number of likely N-dealkylation sites (tertiary alicyclic amines) is 1. The Morgan fingerprint density at radius 1 is 0.859 bits per heavy atom. The summed E-state index contributed by atoms with van der Waals surface area (Å²) in [5.74, 6) is 0.548. The van der Waals surface area contributed by atoms with Crippen LogP contribution in [0.15, 0.2) is 70.2 Å². The maximum Gasteiger partial charge on any atom is 0.266 e. The molecule has 1 saturated carbocycles. The number of hydrogen-bond donors (Lipinski definition) is 3. The van der Waals surface area contributed by atoms with E-state index in [1.165, 1.54) is 31.4 Å². The number of aryl methyl sites for hydroxylation is 1. The second-order valence-electron chi connectivity index (χ2n) is 20.1. The van der Waals surface area contributed by atoms with Crippen molar-refractivity contribution >= 4 is 86.1 Å². The van der Waals surface area contributed by atoms with Gasteiger partial charge < -0.3 is 39.8 Å². The van der Waals surface area contributed by atoms with E-state index in [2.05, 4.69) is 75.7 Å². The molecule has 2 atom stereocenters. The van der Waals surface area contributed by atoms with Crippen molar-refractivity contribution in [3.05, 3.63) is 81.9 Å². The topological polar surface area (TPSA) is 188 Å². The van der Waals surface area contributed by atoms with E-state index in [9.17, 15) is 23.7 Å². The van der Waals surface area contributed by atoms with Crippen molar-refractivity contribution in [1.82, 2.24) is 25.1 Å². The predicted octanol–water partition coefficient (Wildman–Crippen LogP) is 8.63. The van der Waals surface area contributed by atoms with Gasteiger partial charge in [-0.25, -0.2) is 4.99 Å². The Kier molecular flexibility index (Phi) is 15.3. The summed E-state index contributed by atoms with van der Waals surface area (Å²) in [6.45, 7) is 11.5. The van der Waals surface area contributed by atoms with Crippen molar-refractivity contribution < 1.29 is 33.2 Å². The highest BCUT2D eigenvalue weighted by atomic mass is 79.9. The molecule has 16 nitrogen and oxygen atoms in total. The quantitative estimate of drug-likeness (QED) is 0.0395. The first-order valence-electron chi connectivity index (χ1n) is 25.1. The van der Waals surface area contributed by atoms with Gasteiger partial charge in [0.1, 0.15) is 35.8 Å². The van der Waals surface area contributed by atoms with Crippen LogP contribution in [0.25, 0.3) is 11.0 Å². The molecule has 4 aliphatic heterocycles. The monoisotopic (exact) mass is 1050 g/mol. The lowest BCUT2D eigenvalue weighted by Crippen LogP contribution is -2.47. The van der Waals surface area contributed by atoms with Gasteiger partial charge in [-0.05, 0) is 142 Å². The van der Waals surface area contributed by atoms with E-state index in [0.29, 0.717) is 45.6 Å². The molecule has 4 aromatic rings. The molecule has 1 spiro atoms. The molecule has 1 aliphatic carbocycles. The summed E-state index contributed by atoms with van der Waals surface area (Å²) in [5.41, 5.74) is 6.05. The lowest BCUT2D eigenvalue weighted by molar-refractivity contribution is -0.124. The number of allylic oxidation sites excluding steroid dienone is 1. The van der Waals surface area contributed by atoms with E-state index < -0.39 is 31.3 Å². The van der Waals surface area contributed by atoms with Gasteiger partial charge in [0.25, 0.3) is 11.8 Å². The molecule has 18 heteroatoms. The number of rotatable bonds is 17. The summed E-state index contributed by atoms with van der Waals surface area (Å²) in [4.78, 5) is 71.4. The Hall–Kier alpha value is -5.64. The van der Waals surface area contributed by atoms with Crippen LogP contribution in [-0.2, 0) is 14.2 Å². The third-order valence-corrected chi connectivity index (χ3v) is 17.1. The number of methoxy groups -OCH3 is 1. The summed E-state index contributed by atoms with van der Waals surface area (Å²) in [5, 5.41) is 11.1. The van der Waals surface area contributed by atoms with Crippen molar-refractivity contribution in [3.63, 3.8) is 0 Å². The number of aliphatic imine (C=N–C) groups is 1. The average Bonchev–Trinajstić information content (AvgIpc) is 3.49. The minimum atomic E-state index is -2.75. The maximum absolute atomic E-state index is 13.5. The third-order valence-electron chi connectivity index (χ3n) is 15.0. The largest absolute Gasteiger partial charge is 0.495 e. The van der Waals surface area contributed by atoms with Crippen LogP contribution in [0.4, 0.5) is 17.1 Å². The minimum absolute atomic E-state index is 0.0125. The molecule has 3 fully saturated rings. The number of ketones is 2. The van der Waals surface area contributed by atoms with Crippen molar-refractivity contribution in [2.45, 2.75) is 103 Å². The summed E-state index contributed by atoms with van der Waals surface area (Å²) in [6.07, 6.45) is 15.2. The zero-order valence-electron chi connectivity index (χ0n) is 41.2. The summed E-state index contributed by atoms with van der Waals surface area (Å²) < 4.78 is 26.3. The van der Waals surface area contributed by atoms with E-state index in [1.807, 2.05) is 12.1 Å². The van der Waals surface area contributed by atoms with Gasteiger partial charge >= 0.3 is 0 Å². The number of amides is 2. The fourth-order valence-corrected chi connectivity index (χ4v) is 12.7. The van der Waals surface area contributed by atoms with Crippen LogP contribution in [0.1, 0.15) is 110 Å². The number of anilines is 3. The molecule has 71 heavy (non-hydrogen) atoms. The second kappa shape index (κ2) is 21.6. The fraction of sp³-hybridized carbons (Fsp3) is 0.491. The molecular weight excluding hydrogens is 986 g/mol. The number of unbranched alkanes of at least 4 members (excludes halogenated alkanes) is 4. The van der Waals surface area contributed by atoms with Crippen LogP contribution < -0.4 is 35.6 Å². The number of ether oxygens (including phenoxy) is 2. The summed E-state index contributed by atoms with van der Waals surface area (Å²) in [6, 6.07) is 12.2. The fourth-order valence-electron chi connectivity index (χ4n) is 11.0. The van der Waals surface area contributed by atoms with Gasteiger partial charge in [-0.3, -0.25) is 34.0 Å². The number of halogens is 1. The van der Waals surface area contributed by atoms with Crippen molar-refractivity contribution in [3.8, 4) is 11.5 Å². The molecule has 3 N–H and O–H groups in total. The number of carbonyl (C=O) groups is 4.